The lowest BCUT2D eigenvalue weighted by atomic mass is 9.92. The number of carbonyl (C=O) groups excluding carboxylic acids is 1. The van der Waals surface area contributed by atoms with Gasteiger partial charge in [-0.1, -0.05) is 37.3 Å². The van der Waals surface area contributed by atoms with Gasteiger partial charge in [-0.3, -0.25) is 4.79 Å². The summed E-state index contributed by atoms with van der Waals surface area (Å²) in [6.45, 7) is 6.11. The van der Waals surface area contributed by atoms with Crippen LogP contribution in [0.3, 0.4) is 0 Å². The molecule has 0 aromatic heterocycles. The fourth-order valence-corrected chi connectivity index (χ4v) is 4.13. The molecule has 1 saturated heterocycles. The number of amides is 1. The van der Waals surface area contributed by atoms with Crippen molar-refractivity contribution in [1.82, 2.24) is 4.90 Å². The molecule has 2 aromatic carbocycles. The monoisotopic (exact) mass is 380 g/mol. The molecule has 1 amide bonds. The molecule has 2 heterocycles. The van der Waals surface area contributed by atoms with Crippen LogP contribution in [0.2, 0.25) is 0 Å². The molecule has 1 fully saturated rings. The Bertz CT molecular complexity index is 847. The molecule has 0 spiro atoms. The second-order valence-corrected chi connectivity index (χ2v) is 7.64. The number of carbonyl (C=O) groups is 1. The van der Waals surface area contributed by atoms with Crippen LogP contribution in [-0.2, 0) is 10.4 Å². The van der Waals surface area contributed by atoms with Crippen LogP contribution in [0.1, 0.15) is 49.0 Å². The number of nitrogens with zero attached hydrogens (tertiary/aromatic N) is 1. The quantitative estimate of drug-likeness (QED) is 0.807. The number of para-hydroxylation sites is 2. The molecular formula is C23H28N2O3. The molecule has 2 unspecified atom stereocenters. The van der Waals surface area contributed by atoms with Gasteiger partial charge in [-0.2, -0.15) is 0 Å². The van der Waals surface area contributed by atoms with Gasteiger partial charge in [0.05, 0.1) is 18.3 Å². The van der Waals surface area contributed by atoms with Crippen molar-refractivity contribution in [2.24, 2.45) is 0 Å². The second kappa shape index (κ2) is 7.84. The maximum atomic E-state index is 13.5. The summed E-state index contributed by atoms with van der Waals surface area (Å²) < 4.78 is 11.9. The average Bonchev–Trinajstić information content (AvgIpc) is 3.23. The van der Waals surface area contributed by atoms with Crippen molar-refractivity contribution in [3.8, 4) is 5.75 Å². The lowest BCUT2D eigenvalue weighted by Gasteiger charge is -2.47. The van der Waals surface area contributed by atoms with Crippen molar-refractivity contribution in [2.75, 3.05) is 25.1 Å². The molecule has 0 radical (unpaired) electrons. The standard InChI is InChI=1S/C23H28N2O3/c1-3-14-28-21-13-7-5-11-19(21)23(2)24-20-12-6-4-10-18(20)22(26)25(23)16-17-9-8-15-27-17/h4-7,10-13,17,24H,3,8-9,14-16H2,1-2H3. The third-order valence-electron chi connectivity index (χ3n) is 5.60. The SMILES string of the molecule is CCCOc1ccccc1C1(C)Nc2ccccc2C(=O)N1CC1CCCO1. The molecular weight excluding hydrogens is 352 g/mol. The molecule has 1 N–H and O–H groups in total. The maximum Gasteiger partial charge on any atom is 0.258 e. The van der Waals surface area contributed by atoms with E-state index in [0.29, 0.717) is 18.7 Å². The topological polar surface area (TPSA) is 50.8 Å². The summed E-state index contributed by atoms with van der Waals surface area (Å²) in [5.41, 5.74) is 1.79. The van der Waals surface area contributed by atoms with Crippen LogP contribution in [0, 0.1) is 0 Å². The first-order chi connectivity index (χ1) is 13.6. The van der Waals surface area contributed by atoms with Gasteiger partial charge in [0.2, 0.25) is 0 Å². The highest BCUT2D eigenvalue weighted by Crippen LogP contribution is 2.41. The Morgan fingerprint density at radius 1 is 1.21 bits per heavy atom. The first kappa shape index (κ1) is 18.8. The van der Waals surface area contributed by atoms with E-state index < -0.39 is 5.66 Å². The van der Waals surface area contributed by atoms with Crippen molar-refractivity contribution in [3.05, 3.63) is 59.7 Å². The van der Waals surface area contributed by atoms with Gasteiger partial charge in [-0.05, 0) is 44.4 Å². The van der Waals surface area contributed by atoms with Gasteiger partial charge >= 0.3 is 0 Å². The number of nitrogens with one attached hydrogen (secondary N) is 1. The van der Waals surface area contributed by atoms with Gasteiger partial charge in [-0.25, -0.2) is 0 Å². The summed E-state index contributed by atoms with van der Waals surface area (Å²) in [6.07, 6.45) is 3.03. The van der Waals surface area contributed by atoms with Crippen molar-refractivity contribution in [3.63, 3.8) is 0 Å². The Morgan fingerprint density at radius 2 is 2.00 bits per heavy atom. The lowest BCUT2D eigenvalue weighted by molar-refractivity contribution is 0.0236. The number of fused-ring (bicyclic) bond motifs is 1. The molecule has 2 aromatic rings. The van der Waals surface area contributed by atoms with E-state index in [4.69, 9.17) is 9.47 Å². The predicted octanol–water partition coefficient (Wildman–Crippen LogP) is 4.40. The molecule has 2 aliphatic rings. The van der Waals surface area contributed by atoms with E-state index in [2.05, 4.69) is 19.2 Å². The Balaban J connectivity index is 1.78. The van der Waals surface area contributed by atoms with Crippen molar-refractivity contribution < 1.29 is 14.3 Å². The Kier molecular flexibility index (Phi) is 5.27. The summed E-state index contributed by atoms with van der Waals surface area (Å²) in [7, 11) is 0. The highest BCUT2D eigenvalue weighted by molar-refractivity contribution is 6.02. The van der Waals surface area contributed by atoms with E-state index in [1.165, 1.54) is 0 Å². The molecule has 5 heteroatoms. The molecule has 0 saturated carbocycles. The summed E-state index contributed by atoms with van der Waals surface area (Å²) in [5, 5.41) is 3.63. The van der Waals surface area contributed by atoms with Gasteiger partial charge in [0.1, 0.15) is 11.4 Å². The summed E-state index contributed by atoms with van der Waals surface area (Å²) in [5.74, 6) is 0.835. The number of rotatable bonds is 6. The highest BCUT2D eigenvalue weighted by atomic mass is 16.5. The van der Waals surface area contributed by atoms with Crippen LogP contribution in [-0.4, -0.2) is 36.7 Å². The molecule has 4 rings (SSSR count). The second-order valence-electron chi connectivity index (χ2n) is 7.64. The molecule has 0 aliphatic carbocycles. The minimum atomic E-state index is -0.721. The van der Waals surface area contributed by atoms with Gasteiger partial charge in [0, 0.05) is 24.4 Å². The van der Waals surface area contributed by atoms with E-state index >= 15 is 0 Å². The number of ether oxygens (including phenoxy) is 2. The Labute approximate surface area is 166 Å². The van der Waals surface area contributed by atoms with Crippen LogP contribution < -0.4 is 10.1 Å². The normalized spacial score (nSPS) is 24.0. The van der Waals surface area contributed by atoms with E-state index in [0.717, 1.165) is 42.9 Å². The number of benzene rings is 2. The number of anilines is 1. The van der Waals surface area contributed by atoms with E-state index in [-0.39, 0.29) is 12.0 Å². The zero-order valence-corrected chi connectivity index (χ0v) is 16.6. The zero-order chi connectivity index (χ0) is 19.6. The van der Waals surface area contributed by atoms with Crippen LogP contribution in [0.5, 0.6) is 5.75 Å². The average molecular weight is 380 g/mol. The molecule has 2 atom stereocenters. The largest absolute Gasteiger partial charge is 0.493 e. The first-order valence-electron chi connectivity index (χ1n) is 10.2. The number of hydrogen-bond donors (Lipinski definition) is 1. The molecule has 0 bridgehead atoms. The van der Waals surface area contributed by atoms with Crippen LogP contribution in [0.4, 0.5) is 5.69 Å². The van der Waals surface area contributed by atoms with E-state index in [1.54, 1.807) is 0 Å². The lowest BCUT2D eigenvalue weighted by Crippen LogP contribution is -2.57. The summed E-state index contributed by atoms with van der Waals surface area (Å²) in [4.78, 5) is 15.4. The molecule has 28 heavy (non-hydrogen) atoms. The van der Waals surface area contributed by atoms with Crippen molar-refractivity contribution in [2.45, 2.75) is 44.9 Å². The van der Waals surface area contributed by atoms with Crippen molar-refractivity contribution in [1.29, 1.82) is 0 Å². The minimum Gasteiger partial charge on any atom is -0.493 e. The molecule has 5 nitrogen and oxygen atoms in total. The van der Waals surface area contributed by atoms with E-state index in [9.17, 15) is 4.79 Å². The third kappa shape index (κ3) is 3.35. The Hall–Kier alpha value is -2.53. The summed E-state index contributed by atoms with van der Waals surface area (Å²) in [6, 6.07) is 15.7. The molecule has 148 valence electrons. The van der Waals surface area contributed by atoms with Crippen molar-refractivity contribution >= 4 is 11.6 Å². The highest BCUT2D eigenvalue weighted by Gasteiger charge is 2.45. The summed E-state index contributed by atoms with van der Waals surface area (Å²) >= 11 is 0. The van der Waals surface area contributed by atoms with Gasteiger partial charge in [-0.15, -0.1) is 0 Å². The zero-order valence-electron chi connectivity index (χ0n) is 16.6. The van der Waals surface area contributed by atoms with Crippen LogP contribution in [0.25, 0.3) is 0 Å². The Morgan fingerprint density at radius 3 is 2.79 bits per heavy atom. The first-order valence-corrected chi connectivity index (χ1v) is 10.2. The predicted molar refractivity (Wildman–Crippen MR) is 110 cm³/mol. The minimum absolute atomic E-state index is 0.0256. The van der Waals surface area contributed by atoms with Gasteiger partial charge in [0.15, 0.2) is 0 Å². The van der Waals surface area contributed by atoms with Gasteiger partial charge in [0.25, 0.3) is 5.91 Å². The fourth-order valence-electron chi connectivity index (χ4n) is 4.13. The van der Waals surface area contributed by atoms with Crippen LogP contribution in [0.15, 0.2) is 48.5 Å². The smallest absolute Gasteiger partial charge is 0.258 e. The van der Waals surface area contributed by atoms with E-state index in [1.807, 2.05) is 53.4 Å². The number of hydrogen-bond acceptors (Lipinski definition) is 4. The maximum absolute atomic E-state index is 13.5. The van der Waals surface area contributed by atoms with Crippen LogP contribution >= 0.6 is 0 Å². The molecule has 2 aliphatic heterocycles. The third-order valence-corrected chi connectivity index (χ3v) is 5.60. The fraction of sp³-hybridized carbons (Fsp3) is 0.435. The van der Waals surface area contributed by atoms with Gasteiger partial charge < -0.3 is 19.7 Å².